The molecule has 11 nitrogen and oxygen atoms in total. The van der Waals surface area contributed by atoms with Gasteiger partial charge in [0.2, 0.25) is 17.7 Å². The Morgan fingerprint density at radius 2 is 1.67 bits per heavy atom. The van der Waals surface area contributed by atoms with E-state index >= 15 is 0 Å². The van der Waals surface area contributed by atoms with E-state index in [-0.39, 0.29) is 31.8 Å². The van der Waals surface area contributed by atoms with Crippen molar-refractivity contribution in [2.24, 2.45) is 5.73 Å². The maximum atomic E-state index is 12.8. The average molecular weight is 480 g/mol. The minimum Gasteiger partial charge on any atom is -0.370 e. The van der Waals surface area contributed by atoms with E-state index in [1.54, 1.807) is 24.3 Å². The van der Waals surface area contributed by atoms with Crippen molar-refractivity contribution < 1.29 is 19.2 Å². The van der Waals surface area contributed by atoms with E-state index in [2.05, 4.69) is 21.3 Å². The highest BCUT2D eigenvalue weighted by Gasteiger charge is 2.26. The van der Waals surface area contributed by atoms with E-state index < -0.39 is 35.6 Å². The molecule has 3 amide bonds. The van der Waals surface area contributed by atoms with E-state index in [1.807, 2.05) is 0 Å². The Balaban J connectivity index is 2.82. The molecule has 0 aliphatic heterocycles. The van der Waals surface area contributed by atoms with Crippen molar-refractivity contribution in [1.29, 1.82) is 10.8 Å². The lowest BCUT2D eigenvalue weighted by atomic mass is 10.1. The molecule has 0 saturated carbocycles. The van der Waals surface area contributed by atoms with Crippen molar-refractivity contribution in [3.8, 4) is 0 Å². The molecule has 0 fully saturated rings. The number of nitrogens with two attached hydrogens (primary N) is 1. The number of carbonyl (C=O) groups is 4. The summed E-state index contributed by atoms with van der Waals surface area (Å²) in [5.74, 6) is -2.19. The average Bonchev–Trinajstić information content (AvgIpc) is 2.77. The van der Waals surface area contributed by atoms with Crippen LogP contribution in [0.25, 0.3) is 0 Å². The first-order valence-corrected chi connectivity index (χ1v) is 10.7. The Labute approximate surface area is 197 Å². The van der Waals surface area contributed by atoms with Gasteiger partial charge in [-0.3, -0.25) is 24.6 Å². The summed E-state index contributed by atoms with van der Waals surface area (Å²) in [6.45, 7) is 1.79. The number of rotatable bonds is 14. The zero-order valence-corrected chi connectivity index (χ0v) is 19.1. The lowest BCUT2D eigenvalue weighted by Gasteiger charge is -2.23. The van der Waals surface area contributed by atoms with E-state index in [4.69, 9.17) is 28.2 Å². The van der Waals surface area contributed by atoms with Gasteiger partial charge < -0.3 is 32.4 Å². The zero-order valence-electron chi connectivity index (χ0n) is 18.4. The minimum absolute atomic E-state index is 0.00884. The molecule has 0 heterocycles. The van der Waals surface area contributed by atoms with Gasteiger partial charge in [-0.15, -0.1) is 0 Å². The van der Waals surface area contributed by atoms with Gasteiger partial charge in [0.15, 0.2) is 11.7 Å². The Kier molecular flexibility index (Phi) is 12.2. The van der Waals surface area contributed by atoms with E-state index in [1.165, 1.54) is 6.92 Å². The van der Waals surface area contributed by atoms with Gasteiger partial charge in [-0.2, -0.15) is 0 Å². The highest BCUT2D eigenvalue weighted by atomic mass is 35.5. The van der Waals surface area contributed by atoms with Crippen LogP contribution in [0.15, 0.2) is 24.3 Å². The summed E-state index contributed by atoms with van der Waals surface area (Å²) in [4.78, 5) is 48.6. The molecule has 1 aromatic rings. The first-order chi connectivity index (χ1) is 15.6. The highest BCUT2D eigenvalue weighted by molar-refractivity contribution is 6.30. The minimum atomic E-state index is -1.04. The predicted molar refractivity (Wildman–Crippen MR) is 125 cm³/mol. The van der Waals surface area contributed by atoms with Gasteiger partial charge in [0.25, 0.3) is 0 Å². The molecule has 0 aliphatic carbocycles. The second-order valence-electron chi connectivity index (χ2n) is 7.29. The first kappa shape index (κ1) is 27.6. The topological polar surface area (TPSA) is 190 Å². The quantitative estimate of drug-likeness (QED) is 0.113. The van der Waals surface area contributed by atoms with Gasteiger partial charge in [0, 0.05) is 31.5 Å². The van der Waals surface area contributed by atoms with Gasteiger partial charge in [0.05, 0.1) is 6.21 Å². The molecule has 0 aliphatic rings. The highest BCUT2D eigenvalue weighted by Crippen LogP contribution is 2.09. The standard InChI is InChI=1S/C21H30ClN7O4/c1-13(30)28-17(3-2-10-26-21(24)25)20(33)29-18(9-8-16(31)11-23)19(32)27-12-14-4-6-15(22)7-5-14/h4-7,11,17-18,23H,2-3,8-10,12H2,1H3,(H,27,32)(H,28,30)(H,29,33)(H4,24,25,26)/t17-,18-/m0/s1. The van der Waals surface area contributed by atoms with Crippen LogP contribution in [0.1, 0.15) is 38.2 Å². The van der Waals surface area contributed by atoms with Crippen molar-refractivity contribution in [2.45, 2.75) is 51.2 Å². The van der Waals surface area contributed by atoms with Gasteiger partial charge in [-0.05, 0) is 37.0 Å². The normalized spacial score (nSPS) is 12.1. The summed E-state index contributed by atoms with van der Waals surface area (Å²) >= 11 is 5.86. The zero-order chi connectivity index (χ0) is 24.8. The molecule has 0 aromatic heterocycles. The maximum absolute atomic E-state index is 12.8. The second-order valence-corrected chi connectivity index (χ2v) is 7.73. The van der Waals surface area contributed by atoms with Crippen LogP contribution in [0.4, 0.5) is 0 Å². The van der Waals surface area contributed by atoms with Crippen molar-refractivity contribution in [2.75, 3.05) is 6.54 Å². The summed E-state index contributed by atoms with van der Waals surface area (Å²) in [7, 11) is 0. The van der Waals surface area contributed by atoms with E-state index in [0.29, 0.717) is 24.2 Å². The summed E-state index contributed by atoms with van der Waals surface area (Å²) in [5.41, 5.74) is 6.02. The van der Waals surface area contributed by atoms with Gasteiger partial charge in [-0.25, -0.2) is 0 Å². The third-order valence-corrected chi connectivity index (χ3v) is 4.78. The monoisotopic (exact) mass is 479 g/mol. The number of carbonyl (C=O) groups excluding carboxylic acids is 4. The Morgan fingerprint density at radius 3 is 2.24 bits per heavy atom. The van der Waals surface area contributed by atoms with Crippen LogP contribution >= 0.6 is 11.6 Å². The molecule has 0 unspecified atom stereocenters. The lowest BCUT2D eigenvalue weighted by molar-refractivity contribution is -0.132. The molecule has 33 heavy (non-hydrogen) atoms. The van der Waals surface area contributed by atoms with Crippen LogP contribution in [0, 0.1) is 10.8 Å². The maximum Gasteiger partial charge on any atom is 0.243 e. The Bertz CT molecular complexity index is 861. The molecule has 1 aromatic carbocycles. The molecular formula is C21H30ClN7O4. The number of nitrogens with one attached hydrogen (secondary N) is 6. The van der Waals surface area contributed by atoms with Crippen LogP contribution in [0.3, 0.4) is 0 Å². The van der Waals surface area contributed by atoms with Crippen LogP contribution in [-0.2, 0) is 25.7 Å². The van der Waals surface area contributed by atoms with Gasteiger partial charge in [-0.1, -0.05) is 23.7 Å². The van der Waals surface area contributed by atoms with Crippen molar-refractivity contribution in [3.05, 3.63) is 34.9 Å². The number of amides is 3. The van der Waals surface area contributed by atoms with Crippen LogP contribution in [0.2, 0.25) is 5.02 Å². The fraction of sp³-hybridized carbons (Fsp3) is 0.429. The smallest absolute Gasteiger partial charge is 0.243 e. The Morgan fingerprint density at radius 1 is 1.03 bits per heavy atom. The van der Waals surface area contributed by atoms with Crippen LogP contribution < -0.4 is 27.0 Å². The molecule has 2 atom stereocenters. The molecular weight excluding hydrogens is 450 g/mol. The summed E-state index contributed by atoms with van der Waals surface area (Å²) in [6.07, 6.45) is 1.22. The van der Waals surface area contributed by atoms with Crippen molar-refractivity contribution in [3.63, 3.8) is 0 Å². The van der Waals surface area contributed by atoms with E-state index in [0.717, 1.165) is 5.56 Å². The predicted octanol–water partition coefficient (Wildman–Crippen LogP) is 0.208. The third-order valence-electron chi connectivity index (χ3n) is 4.53. The molecule has 8 N–H and O–H groups in total. The van der Waals surface area contributed by atoms with Crippen LogP contribution in [-0.4, -0.2) is 54.3 Å². The fourth-order valence-electron chi connectivity index (χ4n) is 2.86. The SMILES string of the molecule is CC(=O)N[C@@H](CCCNC(=N)N)C(=O)N[C@@H](CCC(=O)C=N)C(=O)NCc1ccc(Cl)cc1. The van der Waals surface area contributed by atoms with Gasteiger partial charge >= 0.3 is 0 Å². The molecule has 12 heteroatoms. The second kappa shape index (κ2) is 14.6. The molecule has 0 spiro atoms. The van der Waals surface area contributed by atoms with Gasteiger partial charge in [0.1, 0.15) is 12.1 Å². The summed E-state index contributed by atoms with van der Waals surface area (Å²) in [6, 6.07) is 4.91. The van der Waals surface area contributed by atoms with Crippen LogP contribution in [0.5, 0.6) is 0 Å². The number of Topliss-reactive ketones (excluding diaryl/α,β-unsaturated/α-hetero) is 1. The summed E-state index contributed by atoms with van der Waals surface area (Å²) in [5, 5.41) is 25.2. The Hall–Kier alpha value is -3.47. The largest absolute Gasteiger partial charge is 0.370 e. The summed E-state index contributed by atoms with van der Waals surface area (Å²) < 4.78 is 0. The first-order valence-electron chi connectivity index (χ1n) is 10.3. The molecule has 0 radical (unpaired) electrons. The molecule has 0 saturated heterocycles. The number of guanidine groups is 1. The number of ketones is 1. The molecule has 1 rings (SSSR count). The number of benzene rings is 1. The number of hydrogen-bond donors (Lipinski definition) is 7. The van der Waals surface area contributed by atoms with E-state index in [9.17, 15) is 19.2 Å². The molecule has 180 valence electrons. The lowest BCUT2D eigenvalue weighted by Crippen LogP contribution is -2.53. The van der Waals surface area contributed by atoms with Crippen molar-refractivity contribution >= 4 is 47.3 Å². The number of hydrogen-bond acceptors (Lipinski definition) is 6. The third kappa shape index (κ3) is 11.6. The van der Waals surface area contributed by atoms with Crippen molar-refractivity contribution in [1.82, 2.24) is 21.3 Å². The number of halogens is 1. The molecule has 0 bridgehead atoms. The fourth-order valence-corrected chi connectivity index (χ4v) is 2.98.